The molecule has 6 rings (SSSR count). The molecular weight excluding hydrogens is 384 g/mol. The van der Waals surface area contributed by atoms with Gasteiger partial charge < -0.3 is 0 Å². The summed E-state index contributed by atoms with van der Waals surface area (Å²) < 4.78 is 0. The molecule has 1 aromatic heterocycles. The number of fused-ring (bicyclic) bond motifs is 5. The largest absolute Gasteiger partial charge is 0.299 e. The third-order valence-corrected chi connectivity index (χ3v) is 8.96. The van der Waals surface area contributed by atoms with Crippen LogP contribution in [0.4, 0.5) is 0 Å². The number of hydrogen-bond donors (Lipinski definition) is 0. The molecule has 5 heteroatoms. The van der Waals surface area contributed by atoms with Crippen LogP contribution in [0.1, 0.15) is 83.5 Å². The lowest BCUT2D eigenvalue weighted by Gasteiger charge is -2.47. The molecule has 170 valence electrons. The van der Waals surface area contributed by atoms with E-state index < -0.39 is 0 Å². The zero-order chi connectivity index (χ0) is 21.7. The van der Waals surface area contributed by atoms with E-state index in [0.717, 1.165) is 25.2 Å². The van der Waals surface area contributed by atoms with Gasteiger partial charge in [-0.05, 0) is 75.7 Å². The number of piperazine rings is 1. The maximum absolute atomic E-state index is 12.6. The molecule has 31 heavy (non-hydrogen) atoms. The quantitative estimate of drug-likeness (QED) is 0.682. The number of rotatable bonds is 6. The lowest BCUT2D eigenvalue weighted by atomic mass is 9.57. The highest BCUT2D eigenvalue weighted by Gasteiger charge is 2.45. The van der Waals surface area contributed by atoms with Gasteiger partial charge in [-0.2, -0.15) is 0 Å². The Balaban J connectivity index is 1.22. The molecule has 5 nitrogen and oxygen atoms in total. The molecule has 0 amide bonds. The molecule has 5 aliphatic rings. The van der Waals surface area contributed by atoms with E-state index in [0.29, 0.717) is 47.6 Å². The lowest BCUT2D eigenvalue weighted by Crippen LogP contribution is -2.55. The topological polar surface area (TPSA) is 49.3 Å². The second kappa shape index (κ2) is 8.55. The van der Waals surface area contributed by atoms with Crippen LogP contribution < -0.4 is 0 Å². The summed E-state index contributed by atoms with van der Waals surface area (Å²) in [6, 6.07) is 1.96. The Hall–Kier alpha value is -1.33. The molecule has 5 unspecified atom stereocenters. The van der Waals surface area contributed by atoms with Gasteiger partial charge in [-0.1, -0.05) is 13.8 Å². The van der Waals surface area contributed by atoms with Crippen molar-refractivity contribution in [3.63, 3.8) is 0 Å². The predicted octanol–water partition coefficient (Wildman–Crippen LogP) is 4.28. The van der Waals surface area contributed by atoms with Gasteiger partial charge in [-0.15, -0.1) is 0 Å². The summed E-state index contributed by atoms with van der Waals surface area (Å²) in [4.78, 5) is 27.6. The van der Waals surface area contributed by atoms with Gasteiger partial charge in [-0.25, -0.2) is 9.97 Å². The maximum atomic E-state index is 12.6. The summed E-state index contributed by atoms with van der Waals surface area (Å²) in [6.07, 6.45) is 11.6. The Kier molecular flexibility index (Phi) is 5.93. The molecule has 3 heterocycles. The van der Waals surface area contributed by atoms with Crippen LogP contribution in [0.2, 0.25) is 0 Å². The van der Waals surface area contributed by atoms with E-state index in [1.807, 2.05) is 0 Å². The van der Waals surface area contributed by atoms with Gasteiger partial charge in [0, 0.05) is 55.4 Å². The number of carbonyl (C=O) groups is 1. The third kappa shape index (κ3) is 4.08. The number of aromatic nitrogens is 2. The third-order valence-electron chi connectivity index (χ3n) is 8.96. The Morgan fingerprint density at radius 2 is 1.61 bits per heavy atom. The SMILES string of the molecule is CC(C)C(=O)C1CC2CCC1C[C@H]2c1cnc(CN2C3CCC2CN(C(C)C)C3)nc1. The van der Waals surface area contributed by atoms with E-state index in [2.05, 4.69) is 49.9 Å². The zero-order valence-corrected chi connectivity index (χ0v) is 19.8. The van der Waals surface area contributed by atoms with Gasteiger partial charge in [0.2, 0.25) is 0 Å². The number of Topliss-reactive ketones (excluding diaryl/α,β-unsaturated/α-hetero) is 1. The molecule has 0 radical (unpaired) electrons. The molecule has 1 aromatic rings. The van der Waals surface area contributed by atoms with Crippen LogP contribution in [0.15, 0.2) is 12.4 Å². The van der Waals surface area contributed by atoms with Crippen molar-refractivity contribution in [3.8, 4) is 0 Å². The van der Waals surface area contributed by atoms with Crippen molar-refractivity contribution in [2.45, 2.75) is 96.8 Å². The number of nitrogens with zero attached hydrogens (tertiary/aromatic N) is 4. The fraction of sp³-hybridized carbons (Fsp3) is 0.808. The van der Waals surface area contributed by atoms with Crippen molar-refractivity contribution < 1.29 is 4.79 Å². The second-order valence-electron chi connectivity index (χ2n) is 11.4. The maximum Gasteiger partial charge on any atom is 0.142 e. The second-order valence-corrected chi connectivity index (χ2v) is 11.4. The van der Waals surface area contributed by atoms with E-state index in [-0.39, 0.29) is 5.92 Å². The van der Waals surface area contributed by atoms with Crippen LogP contribution >= 0.6 is 0 Å². The average molecular weight is 425 g/mol. The van der Waals surface area contributed by atoms with E-state index >= 15 is 0 Å². The molecule has 3 saturated carbocycles. The number of carbonyl (C=O) groups excluding carboxylic acids is 1. The van der Waals surface area contributed by atoms with Crippen molar-refractivity contribution in [3.05, 3.63) is 23.8 Å². The average Bonchev–Trinajstić information content (AvgIpc) is 3.00. The molecule has 4 bridgehead atoms. The van der Waals surface area contributed by atoms with Crippen LogP contribution in [0.3, 0.4) is 0 Å². The standard InChI is InChI=1S/C26H40N4O/c1-16(2)26(31)24-10-18-5-6-19(24)9-23(18)20-11-27-25(28-12-20)15-30-21-7-8-22(30)14-29(13-21)17(3)4/h11-12,16-19,21-24H,5-10,13-15H2,1-4H3/t18?,19?,21?,22?,23-,24?/m1/s1. The Morgan fingerprint density at radius 1 is 0.968 bits per heavy atom. The molecule has 6 atom stereocenters. The van der Waals surface area contributed by atoms with Crippen molar-refractivity contribution in [1.82, 2.24) is 19.8 Å². The molecule has 2 aliphatic heterocycles. The minimum Gasteiger partial charge on any atom is -0.299 e. The van der Waals surface area contributed by atoms with Gasteiger partial charge in [0.05, 0.1) is 6.54 Å². The van der Waals surface area contributed by atoms with Crippen LogP contribution in [0.25, 0.3) is 0 Å². The Labute approximate surface area is 188 Å². The first-order chi connectivity index (χ1) is 14.9. The van der Waals surface area contributed by atoms with Crippen LogP contribution in [0, 0.1) is 23.7 Å². The molecular formula is C26H40N4O. The van der Waals surface area contributed by atoms with Crippen LogP contribution in [-0.2, 0) is 11.3 Å². The zero-order valence-electron chi connectivity index (χ0n) is 19.8. The summed E-state index contributed by atoms with van der Waals surface area (Å²) in [5.41, 5.74) is 1.31. The molecule has 0 aromatic carbocycles. The van der Waals surface area contributed by atoms with Gasteiger partial charge >= 0.3 is 0 Å². The van der Waals surface area contributed by atoms with Crippen molar-refractivity contribution in [1.29, 1.82) is 0 Å². The first kappa shape index (κ1) is 21.5. The minimum atomic E-state index is 0.170. The number of ketones is 1. The smallest absolute Gasteiger partial charge is 0.142 e. The molecule has 0 N–H and O–H groups in total. The summed E-state index contributed by atoms with van der Waals surface area (Å²) in [6.45, 7) is 12.0. The van der Waals surface area contributed by atoms with E-state index in [1.54, 1.807) is 0 Å². The van der Waals surface area contributed by atoms with E-state index in [9.17, 15) is 4.79 Å². The molecule has 0 spiro atoms. The van der Waals surface area contributed by atoms with Crippen LogP contribution in [-0.4, -0.2) is 56.8 Å². The molecule has 3 aliphatic carbocycles. The van der Waals surface area contributed by atoms with E-state index in [1.165, 1.54) is 44.3 Å². The minimum absolute atomic E-state index is 0.170. The molecule has 2 saturated heterocycles. The highest BCUT2D eigenvalue weighted by atomic mass is 16.1. The number of hydrogen-bond acceptors (Lipinski definition) is 5. The van der Waals surface area contributed by atoms with Gasteiger partial charge in [-0.3, -0.25) is 14.6 Å². The first-order valence-electron chi connectivity index (χ1n) is 12.7. The van der Waals surface area contributed by atoms with Gasteiger partial charge in [0.15, 0.2) is 0 Å². The lowest BCUT2D eigenvalue weighted by molar-refractivity contribution is -0.131. The first-order valence-corrected chi connectivity index (χ1v) is 12.7. The van der Waals surface area contributed by atoms with Crippen LogP contribution in [0.5, 0.6) is 0 Å². The van der Waals surface area contributed by atoms with Gasteiger partial charge in [0.1, 0.15) is 11.6 Å². The molecule has 5 fully saturated rings. The monoisotopic (exact) mass is 424 g/mol. The summed E-state index contributed by atoms with van der Waals surface area (Å²) in [5.74, 6) is 3.69. The van der Waals surface area contributed by atoms with Crippen molar-refractivity contribution in [2.24, 2.45) is 23.7 Å². The van der Waals surface area contributed by atoms with Gasteiger partial charge in [0.25, 0.3) is 0 Å². The predicted molar refractivity (Wildman–Crippen MR) is 123 cm³/mol. The van der Waals surface area contributed by atoms with E-state index in [4.69, 9.17) is 9.97 Å². The highest BCUT2D eigenvalue weighted by Crippen LogP contribution is 2.52. The fourth-order valence-corrected chi connectivity index (χ4v) is 7.12. The number of likely N-dealkylation sites (tertiary alicyclic amines) is 1. The Bertz CT molecular complexity index is 777. The summed E-state index contributed by atoms with van der Waals surface area (Å²) in [7, 11) is 0. The van der Waals surface area contributed by atoms with Crippen molar-refractivity contribution in [2.75, 3.05) is 13.1 Å². The van der Waals surface area contributed by atoms with Crippen molar-refractivity contribution >= 4 is 5.78 Å². The summed E-state index contributed by atoms with van der Waals surface area (Å²) >= 11 is 0. The normalized spacial score (nSPS) is 35.9. The fourth-order valence-electron chi connectivity index (χ4n) is 7.12. The Morgan fingerprint density at radius 3 is 2.16 bits per heavy atom. The highest BCUT2D eigenvalue weighted by molar-refractivity contribution is 5.83. The summed E-state index contributed by atoms with van der Waals surface area (Å²) in [5, 5.41) is 0.